The van der Waals surface area contributed by atoms with E-state index < -0.39 is 6.10 Å². The molecule has 5 nitrogen and oxygen atoms in total. The lowest BCUT2D eigenvalue weighted by Crippen LogP contribution is -2.32. The van der Waals surface area contributed by atoms with Gasteiger partial charge in [0.2, 0.25) is 5.13 Å². The van der Waals surface area contributed by atoms with Gasteiger partial charge in [0.1, 0.15) is 5.75 Å². The van der Waals surface area contributed by atoms with Crippen LogP contribution in [0.1, 0.15) is 26.7 Å². The van der Waals surface area contributed by atoms with Crippen LogP contribution in [-0.2, 0) is 4.79 Å². The van der Waals surface area contributed by atoms with Crippen LogP contribution >= 0.6 is 34.7 Å². The van der Waals surface area contributed by atoms with E-state index in [9.17, 15) is 4.79 Å². The molecule has 0 bridgehead atoms. The molecule has 8 heteroatoms. The van der Waals surface area contributed by atoms with Gasteiger partial charge in [-0.25, -0.2) is 0 Å². The first kappa shape index (κ1) is 18.0. The van der Waals surface area contributed by atoms with Crippen LogP contribution in [0.5, 0.6) is 5.75 Å². The van der Waals surface area contributed by atoms with Crippen molar-refractivity contribution in [2.45, 2.75) is 37.1 Å². The van der Waals surface area contributed by atoms with Crippen molar-refractivity contribution in [3.05, 3.63) is 29.3 Å². The number of nitrogens with one attached hydrogen (secondary N) is 1. The summed E-state index contributed by atoms with van der Waals surface area (Å²) < 4.78 is 6.56. The van der Waals surface area contributed by atoms with E-state index >= 15 is 0 Å². The van der Waals surface area contributed by atoms with Crippen molar-refractivity contribution in [1.29, 1.82) is 0 Å². The van der Waals surface area contributed by atoms with E-state index in [-0.39, 0.29) is 5.91 Å². The third-order valence-electron chi connectivity index (χ3n) is 2.80. The minimum Gasteiger partial charge on any atom is -0.481 e. The van der Waals surface area contributed by atoms with Crippen molar-refractivity contribution in [3.63, 3.8) is 0 Å². The van der Waals surface area contributed by atoms with E-state index in [4.69, 9.17) is 16.3 Å². The summed E-state index contributed by atoms with van der Waals surface area (Å²) in [7, 11) is 0. The molecule has 0 unspecified atom stereocenters. The molecule has 1 atom stereocenters. The molecule has 2 aromatic rings. The van der Waals surface area contributed by atoms with Gasteiger partial charge in [-0.3, -0.25) is 10.1 Å². The molecule has 1 aromatic heterocycles. The second-order valence-corrected chi connectivity index (χ2v) is 7.44. The lowest BCUT2D eigenvalue weighted by Gasteiger charge is -2.16. The number of amides is 1. The summed E-state index contributed by atoms with van der Waals surface area (Å²) in [6.45, 7) is 3.99. The number of carbonyl (C=O) groups excluding carboxylic acids is 1. The zero-order valence-electron chi connectivity index (χ0n) is 12.9. The van der Waals surface area contributed by atoms with Crippen LogP contribution in [0.25, 0.3) is 0 Å². The zero-order valence-corrected chi connectivity index (χ0v) is 15.3. The Hall–Kier alpha value is -1.31. The van der Waals surface area contributed by atoms with Crippen molar-refractivity contribution in [2.24, 2.45) is 0 Å². The summed E-state index contributed by atoms with van der Waals surface area (Å²) >= 11 is 8.93. The summed E-state index contributed by atoms with van der Waals surface area (Å²) in [5.74, 6) is 1.31. The molecule has 23 heavy (non-hydrogen) atoms. The highest BCUT2D eigenvalue weighted by molar-refractivity contribution is 8.01. The number of benzene rings is 1. The van der Waals surface area contributed by atoms with Gasteiger partial charge < -0.3 is 4.74 Å². The first-order valence-corrected chi connectivity index (χ1v) is 9.49. The molecule has 0 aliphatic carbocycles. The van der Waals surface area contributed by atoms with Gasteiger partial charge in [0.05, 0.1) is 0 Å². The Morgan fingerprint density at radius 2 is 2.26 bits per heavy atom. The first-order chi connectivity index (χ1) is 11.1. The van der Waals surface area contributed by atoms with Gasteiger partial charge >= 0.3 is 0 Å². The van der Waals surface area contributed by atoms with Gasteiger partial charge in [-0.2, -0.15) is 0 Å². The number of nitrogens with zero attached hydrogens (tertiary/aromatic N) is 2. The van der Waals surface area contributed by atoms with Crippen LogP contribution in [-0.4, -0.2) is 28.0 Å². The minimum atomic E-state index is -0.607. The highest BCUT2D eigenvalue weighted by Crippen LogP contribution is 2.26. The summed E-state index contributed by atoms with van der Waals surface area (Å²) in [5, 5.41) is 11.8. The Morgan fingerprint density at radius 1 is 1.43 bits per heavy atom. The lowest BCUT2D eigenvalue weighted by molar-refractivity contribution is -0.122. The standard InChI is InChI=1S/C15H18ClN3O2S2/c1-3-8-22-15-19-18-14(23-15)17-13(20)12(4-2)21-11-7-5-6-10(16)9-11/h5-7,9,12H,3-4,8H2,1-2H3,(H,17,18,20)/t12-/m1/s1. The quantitative estimate of drug-likeness (QED) is 0.547. The van der Waals surface area contributed by atoms with E-state index in [1.54, 1.807) is 36.0 Å². The first-order valence-electron chi connectivity index (χ1n) is 7.31. The molecule has 2 rings (SSSR count). The third kappa shape index (κ3) is 5.67. The zero-order chi connectivity index (χ0) is 16.7. The predicted octanol–water partition coefficient (Wildman–Crippen LogP) is 4.49. The van der Waals surface area contributed by atoms with E-state index in [2.05, 4.69) is 22.4 Å². The lowest BCUT2D eigenvalue weighted by atomic mass is 10.2. The summed E-state index contributed by atoms with van der Waals surface area (Å²) in [6, 6.07) is 6.99. The van der Waals surface area contributed by atoms with Crippen LogP contribution in [0, 0.1) is 0 Å². The number of hydrogen-bond acceptors (Lipinski definition) is 6. The fraction of sp³-hybridized carbons (Fsp3) is 0.400. The number of ether oxygens (including phenoxy) is 1. The fourth-order valence-corrected chi connectivity index (χ4v) is 3.58. The highest BCUT2D eigenvalue weighted by Gasteiger charge is 2.20. The predicted molar refractivity (Wildman–Crippen MR) is 95.7 cm³/mol. The number of hydrogen-bond donors (Lipinski definition) is 1. The molecule has 1 amide bonds. The summed E-state index contributed by atoms with van der Waals surface area (Å²) in [5.41, 5.74) is 0. The van der Waals surface area contributed by atoms with Crippen molar-refractivity contribution >= 4 is 45.7 Å². The number of thioether (sulfide) groups is 1. The Balaban J connectivity index is 1.95. The molecule has 1 aromatic carbocycles. The maximum Gasteiger partial charge on any atom is 0.267 e. The van der Waals surface area contributed by atoms with E-state index in [1.165, 1.54) is 11.3 Å². The van der Waals surface area contributed by atoms with E-state index in [0.29, 0.717) is 22.3 Å². The molecule has 0 saturated heterocycles. The minimum absolute atomic E-state index is 0.240. The van der Waals surface area contributed by atoms with Gasteiger partial charge in [-0.05, 0) is 31.0 Å². The molecule has 0 aliphatic rings. The molecular formula is C15H18ClN3O2S2. The van der Waals surface area contributed by atoms with Gasteiger partial charge in [0.25, 0.3) is 5.91 Å². The molecule has 124 valence electrons. The van der Waals surface area contributed by atoms with Crippen LogP contribution < -0.4 is 10.1 Å². The topological polar surface area (TPSA) is 64.1 Å². The van der Waals surface area contributed by atoms with Crippen LogP contribution in [0.2, 0.25) is 5.02 Å². The number of aromatic nitrogens is 2. The summed E-state index contributed by atoms with van der Waals surface area (Å²) in [4.78, 5) is 12.3. The normalized spacial score (nSPS) is 12.0. The average Bonchev–Trinajstić information content (AvgIpc) is 2.98. The smallest absolute Gasteiger partial charge is 0.267 e. The van der Waals surface area contributed by atoms with Gasteiger partial charge in [0.15, 0.2) is 10.4 Å². The molecule has 0 spiro atoms. The van der Waals surface area contributed by atoms with Crippen LogP contribution in [0.3, 0.4) is 0 Å². The van der Waals surface area contributed by atoms with Crippen molar-refractivity contribution in [2.75, 3.05) is 11.1 Å². The molecule has 1 heterocycles. The number of rotatable bonds is 8. The second kappa shape index (κ2) is 9.10. The molecule has 0 saturated carbocycles. The van der Waals surface area contributed by atoms with Gasteiger partial charge in [-0.15, -0.1) is 10.2 Å². The molecule has 0 aliphatic heterocycles. The maximum absolute atomic E-state index is 12.3. The largest absolute Gasteiger partial charge is 0.481 e. The Bertz CT molecular complexity index is 651. The van der Waals surface area contributed by atoms with Crippen molar-refractivity contribution in [3.8, 4) is 5.75 Å². The monoisotopic (exact) mass is 371 g/mol. The average molecular weight is 372 g/mol. The molecule has 0 fully saturated rings. The van der Waals surface area contributed by atoms with E-state index in [1.807, 2.05) is 6.92 Å². The SMILES string of the molecule is CCCSc1nnc(NC(=O)[C@@H](CC)Oc2cccc(Cl)c2)s1. The Kier molecular flexibility index (Phi) is 7.14. The Labute approximate surface area is 148 Å². The van der Waals surface area contributed by atoms with Crippen LogP contribution in [0.4, 0.5) is 5.13 Å². The maximum atomic E-state index is 12.3. The Morgan fingerprint density at radius 3 is 2.96 bits per heavy atom. The number of halogens is 1. The van der Waals surface area contributed by atoms with Crippen molar-refractivity contribution < 1.29 is 9.53 Å². The van der Waals surface area contributed by atoms with Crippen LogP contribution in [0.15, 0.2) is 28.6 Å². The van der Waals surface area contributed by atoms with E-state index in [0.717, 1.165) is 16.5 Å². The molecule has 0 radical (unpaired) electrons. The fourth-order valence-electron chi connectivity index (χ4n) is 1.72. The van der Waals surface area contributed by atoms with Crippen molar-refractivity contribution in [1.82, 2.24) is 10.2 Å². The van der Waals surface area contributed by atoms with Gasteiger partial charge in [0, 0.05) is 10.8 Å². The third-order valence-corrected chi connectivity index (χ3v) is 5.22. The second-order valence-electron chi connectivity index (χ2n) is 4.68. The van der Waals surface area contributed by atoms with Gasteiger partial charge in [-0.1, -0.05) is 54.6 Å². The highest BCUT2D eigenvalue weighted by atomic mass is 35.5. The number of anilines is 1. The molecule has 1 N–H and O–H groups in total. The molecular weight excluding hydrogens is 354 g/mol. The summed E-state index contributed by atoms with van der Waals surface area (Å²) in [6.07, 6.45) is 0.996. The number of carbonyl (C=O) groups is 1.